The predicted octanol–water partition coefficient (Wildman–Crippen LogP) is 7.14. The van der Waals surface area contributed by atoms with Crippen molar-refractivity contribution in [3.63, 3.8) is 0 Å². The second kappa shape index (κ2) is 14.4. The van der Waals surface area contributed by atoms with Crippen LogP contribution in [0.25, 0.3) is 33.7 Å². The molecule has 0 aliphatic rings. The fourth-order valence-corrected chi connectivity index (χ4v) is 6.04. The van der Waals surface area contributed by atoms with Gasteiger partial charge in [-0.15, -0.1) is 0 Å². The number of hydrogen-bond acceptors (Lipinski definition) is 7. The molecule has 0 amide bonds. The van der Waals surface area contributed by atoms with E-state index in [9.17, 15) is 22.1 Å². The number of rotatable bonds is 8. The second-order valence-corrected chi connectivity index (χ2v) is 15.4. The van der Waals surface area contributed by atoms with Crippen molar-refractivity contribution in [2.75, 3.05) is 26.9 Å². The highest BCUT2D eigenvalue weighted by atomic mass is 32.2. The Hall–Kier alpha value is -4.66. The van der Waals surface area contributed by atoms with Gasteiger partial charge in [-0.1, -0.05) is 54.6 Å². The molecule has 0 atom stereocenters. The Labute approximate surface area is 277 Å². The molecule has 5 rings (SSSR count). The molecule has 1 heterocycles. The Bertz CT molecular complexity index is 2170. The number of nitriles is 1. The smallest absolute Gasteiger partial charge is 0.294 e. The molecule has 1 N–H and O–H groups in total. The number of likely N-dealkylation sites (N-methyl/N-ethyl adjacent to an activating group) is 1. The van der Waals surface area contributed by atoms with Gasteiger partial charge in [0.05, 0.1) is 26.8 Å². The second-order valence-electron chi connectivity index (χ2n) is 12.0. The maximum Gasteiger partial charge on any atom is 0.294 e. The minimum Gasteiger partial charge on any atom is -0.305 e. The predicted molar refractivity (Wildman–Crippen MR) is 188 cm³/mol. The average Bonchev–Trinajstić information content (AvgIpc) is 3.04. The first-order valence-electron chi connectivity index (χ1n) is 14.7. The summed E-state index contributed by atoms with van der Waals surface area (Å²) in [4.78, 5) is 6.98. The Morgan fingerprint density at radius 2 is 1.55 bits per heavy atom. The van der Waals surface area contributed by atoms with E-state index in [1.165, 1.54) is 18.4 Å². The van der Waals surface area contributed by atoms with Crippen LogP contribution in [0.1, 0.15) is 30.5 Å². The molecule has 8 nitrogen and oxygen atoms in total. The summed E-state index contributed by atoms with van der Waals surface area (Å²) in [7, 11) is -3.24. The van der Waals surface area contributed by atoms with Crippen LogP contribution in [0.2, 0.25) is 0 Å². The minimum absolute atomic E-state index is 0.0741. The molecule has 5 aromatic rings. The zero-order chi connectivity index (χ0) is 34.4. The van der Waals surface area contributed by atoms with Gasteiger partial charge in [0.1, 0.15) is 0 Å². The fraction of sp³-hybridized carbons (Fsp3) is 0.189. The minimum atomic E-state index is -4.00. The molecule has 0 unspecified atom stereocenters. The van der Waals surface area contributed by atoms with E-state index in [4.69, 9.17) is 4.55 Å². The first-order valence-corrected chi connectivity index (χ1v) is 18.0. The highest BCUT2D eigenvalue weighted by Gasteiger charge is 2.22. The summed E-state index contributed by atoms with van der Waals surface area (Å²) in [5.41, 5.74) is 6.28. The lowest BCUT2D eigenvalue weighted by atomic mass is 9.83. The van der Waals surface area contributed by atoms with E-state index in [2.05, 4.69) is 46.3 Å². The summed E-state index contributed by atoms with van der Waals surface area (Å²) in [5.74, 6) is 0. The van der Waals surface area contributed by atoms with Gasteiger partial charge in [0.2, 0.25) is 0 Å². The van der Waals surface area contributed by atoms with Gasteiger partial charge in [-0.05, 0) is 110 Å². The summed E-state index contributed by atoms with van der Waals surface area (Å²) in [6.45, 7) is 4.55. The van der Waals surface area contributed by atoms with Crippen LogP contribution in [-0.4, -0.2) is 58.2 Å². The average molecular weight is 668 g/mol. The van der Waals surface area contributed by atoms with Crippen LogP contribution in [0.3, 0.4) is 0 Å². The third-order valence-electron chi connectivity index (χ3n) is 7.43. The Morgan fingerprint density at radius 3 is 2.13 bits per heavy atom. The molecule has 0 aliphatic heterocycles. The van der Waals surface area contributed by atoms with Gasteiger partial charge in [-0.3, -0.25) is 9.54 Å². The molecular formula is C37H37N3O5S2. The van der Waals surface area contributed by atoms with Crippen LogP contribution < -0.4 is 0 Å². The monoisotopic (exact) mass is 667 g/mol. The summed E-state index contributed by atoms with van der Waals surface area (Å²) >= 11 is 0. The summed E-state index contributed by atoms with van der Waals surface area (Å²) in [6, 6.07) is 33.2. The topological polar surface area (TPSA) is 128 Å². The van der Waals surface area contributed by atoms with Crippen LogP contribution >= 0.6 is 0 Å². The normalized spacial score (nSPS) is 12.3. The number of hydrogen-bond donors (Lipinski definition) is 1. The zero-order valence-electron chi connectivity index (χ0n) is 26.9. The van der Waals surface area contributed by atoms with Gasteiger partial charge in [0.25, 0.3) is 10.1 Å². The molecule has 47 heavy (non-hydrogen) atoms. The Morgan fingerprint density at radius 1 is 0.872 bits per heavy atom. The molecule has 1 aromatic heterocycles. The molecule has 0 fully saturated rings. The van der Waals surface area contributed by atoms with Gasteiger partial charge in [0, 0.05) is 29.9 Å². The molecule has 0 spiro atoms. The lowest BCUT2D eigenvalue weighted by Gasteiger charge is -2.19. The Balaban J connectivity index is 0.000000427. The molecule has 0 saturated carbocycles. The number of aromatic nitrogens is 1. The van der Waals surface area contributed by atoms with Crippen molar-refractivity contribution >= 4 is 42.5 Å². The standard InChI is InChI=1S/C31H31N3O2S.C6H6O3S/c1-31(2,21-32)27-18-25-10-7-15-33-30(25)29(19-27)24-9-6-8-22(16-24)17-26(20-34(3)4)23-11-13-28(14-12-23)37(5,35)36;7-10(8,9)6-4-2-1-3-5-6/h6-19H,20H2,1-5H3;1-5H,(H,7,8,9)/b26-17+;. The molecule has 0 radical (unpaired) electrons. The van der Waals surface area contributed by atoms with Crippen molar-refractivity contribution in [1.29, 1.82) is 5.26 Å². The third kappa shape index (κ3) is 9.21. The van der Waals surface area contributed by atoms with E-state index < -0.39 is 25.4 Å². The van der Waals surface area contributed by atoms with Crippen LogP contribution in [0, 0.1) is 11.3 Å². The third-order valence-corrected chi connectivity index (χ3v) is 9.42. The van der Waals surface area contributed by atoms with Gasteiger partial charge < -0.3 is 4.90 Å². The first kappa shape index (κ1) is 35.2. The first-order chi connectivity index (χ1) is 22.1. The maximum absolute atomic E-state index is 11.9. The van der Waals surface area contributed by atoms with Crippen LogP contribution in [0.15, 0.2) is 119 Å². The van der Waals surface area contributed by atoms with E-state index in [0.717, 1.165) is 44.3 Å². The van der Waals surface area contributed by atoms with Crippen molar-refractivity contribution in [3.05, 3.63) is 126 Å². The number of pyridine rings is 1. The quantitative estimate of drug-likeness (QED) is 0.137. The largest absolute Gasteiger partial charge is 0.305 e. The number of sulfone groups is 1. The number of benzene rings is 4. The van der Waals surface area contributed by atoms with Crippen LogP contribution in [-0.2, 0) is 25.4 Å². The zero-order valence-corrected chi connectivity index (χ0v) is 28.5. The van der Waals surface area contributed by atoms with Crippen molar-refractivity contribution in [2.24, 2.45) is 0 Å². The van der Waals surface area contributed by atoms with Crippen molar-refractivity contribution in [1.82, 2.24) is 9.88 Å². The molecule has 0 bridgehead atoms. The van der Waals surface area contributed by atoms with Crippen molar-refractivity contribution in [3.8, 4) is 17.2 Å². The maximum atomic E-state index is 11.9. The molecular weight excluding hydrogens is 631 g/mol. The van der Waals surface area contributed by atoms with Crippen molar-refractivity contribution in [2.45, 2.75) is 29.1 Å². The van der Waals surface area contributed by atoms with Gasteiger partial charge in [-0.25, -0.2) is 8.42 Å². The highest BCUT2D eigenvalue weighted by Crippen LogP contribution is 2.34. The van der Waals surface area contributed by atoms with Gasteiger partial charge in [0.15, 0.2) is 9.84 Å². The number of nitrogens with zero attached hydrogens (tertiary/aromatic N) is 3. The van der Waals surface area contributed by atoms with Crippen LogP contribution in [0.5, 0.6) is 0 Å². The van der Waals surface area contributed by atoms with Crippen molar-refractivity contribution < 1.29 is 21.4 Å². The van der Waals surface area contributed by atoms with E-state index in [0.29, 0.717) is 11.4 Å². The summed E-state index contributed by atoms with van der Waals surface area (Å²) in [5, 5.41) is 10.8. The van der Waals surface area contributed by atoms with Gasteiger partial charge >= 0.3 is 0 Å². The lowest BCUT2D eigenvalue weighted by molar-refractivity contribution is 0.463. The van der Waals surface area contributed by atoms with E-state index in [-0.39, 0.29) is 4.90 Å². The van der Waals surface area contributed by atoms with E-state index in [1.54, 1.807) is 36.5 Å². The molecule has 10 heteroatoms. The molecule has 0 saturated heterocycles. The van der Waals surface area contributed by atoms with Gasteiger partial charge in [-0.2, -0.15) is 13.7 Å². The molecule has 242 valence electrons. The number of fused-ring (bicyclic) bond motifs is 1. The van der Waals surface area contributed by atoms with E-state index in [1.807, 2.05) is 64.3 Å². The van der Waals surface area contributed by atoms with Crippen LogP contribution in [0.4, 0.5) is 0 Å². The molecule has 0 aliphatic carbocycles. The fourth-order valence-electron chi connectivity index (χ4n) is 4.90. The Kier molecular flexibility index (Phi) is 10.8. The van der Waals surface area contributed by atoms with E-state index >= 15 is 0 Å². The SMILES string of the molecule is CN(C)C/C(=C\c1cccc(-c2cc(C(C)(C)C#N)cc3cccnc23)c1)c1ccc(S(C)(=O)=O)cc1.O=S(=O)(O)c1ccccc1. The molecule has 4 aromatic carbocycles. The lowest BCUT2D eigenvalue weighted by Crippen LogP contribution is -2.14. The summed E-state index contributed by atoms with van der Waals surface area (Å²) < 4.78 is 53.1. The summed E-state index contributed by atoms with van der Waals surface area (Å²) in [6.07, 6.45) is 5.15. The highest BCUT2D eigenvalue weighted by molar-refractivity contribution is 7.90.